The maximum Gasteiger partial charge on any atom is 0.274 e. The molecule has 0 aromatic carbocycles. The molecule has 0 saturated carbocycles. The molecular formula is C8H15N3O2S. The molecule has 1 rings (SSSR count). The summed E-state index contributed by atoms with van der Waals surface area (Å²) < 4.78 is 0. The minimum Gasteiger partial charge on any atom is -0.365 e. The molecule has 1 aliphatic rings. The van der Waals surface area contributed by atoms with E-state index in [0.29, 0.717) is 17.1 Å². The number of hydrogen-bond donors (Lipinski definition) is 2. The van der Waals surface area contributed by atoms with Gasteiger partial charge >= 0.3 is 0 Å². The van der Waals surface area contributed by atoms with Crippen LogP contribution >= 0.6 is 11.8 Å². The maximum absolute atomic E-state index is 10.2. The average Bonchev–Trinajstić information content (AvgIpc) is 2.51. The Labute approximate surface area is 87.5 Å². The Kier molecular flexibility index (Phi) is 4.06. The fourth-order valence-corrected chi connectivity index (χ4v) is 1.81. The van der Waals surface area contributed by atoms with Gasteiger partial charge in [-0.2, -0.15) is 11.8 Å². The molecule has 6 heteroatoms. The highest BCUT2D eigenvalue weighted by molar-refractivity contribution is 7.99. The van der Waals surface area contributed by atoms with E-state index in [1.807, 2.05) is 0 Å². The molecule has 0 radical (unpaired) electrons. The van der Waals surface area contributed by atoms with Crippen molar-refractivity contribution in [1.82, 2.24) is 10.6 Å². The molecule has 1 saturated heterocycles. The van der Waals surface area contributed by atoms with Crippen LogP contribution in [0.4, 0.5) is 0 Å². The van der Waals surface area contributed by atoms with Gasteiger partial charge in [0.2, 0.25) is 0 Å². The molecule has 80 valence electrons. The van der Waals surface area contributed by atoms with Gasteiger partial charge in [0.25, 0.3) is 6.20 Å². The molecular weight excluding hydrogens is 202 g/mol. The van der Waals surface area contributed by atoms with Gasteiger partial charge in [0.1, 0.15) is 0 Å². The van der Waals surface area contributed by atoms with Crippen molar-refractivity contribution in [2.24, 2.45) is 0 Å². The molecule has 0 amide bonds. The molecule has 0 aliphatic carbocycles. The number of nitro groups is 1. The Morgan fingerprint density at radius 2 is 2.57 bits per heavy atom. The van der Waals surface area contributed by atoms with Crippen molar-refractivity contribution in [2.45, 2.75) is 24.6 Å². The van der Waals surface area contributed by atoms with Crippen LogP contribution in [0.5, 0.6) is 0 Å². The summed E-state index contributed by atoms with van der Waals surface area (Å²) in [5.74, 6) is 0.522. The maximum atomic E-state index is 10.2. The second-order valence-corrected chi connectivity index (χ2v) is 4.61. The first-order valence-corrected chi connectivity index (χ1v) is 5.79. The van der Waals surface area contributed by atoms with E-state index in [1.54, 1.807) is 11.8 Å². The van der Waals surface area contributed by atoms with Crippen LogP contribution in [0.1, 0.15) is 13.3 Å². The lowest BCUT2D eigenvalue weighted by molar-refractivity contribution is -0.404. The predicted molar refractivity (Wildman–Crippen MR) is 57.6 cm³/mol. The molecule has 1 heterocycles. The van der Waals surface area contributed by atoms with E-state index in [4.69, 9.17) is 0 Å². The molecule has 14 heavy (non-hydrogen) atoms. The van der Waals surface area contributed by atoms with Gasteiger partial charge in [0.15, 0.2) is 5.82 Å². The first-order chi connectivity index (χ1) is 6.61. The third kappa shape index (κ3) is 3.45. The van der Waals surface area contributed by atoms with E-state index in [9.17, 15) is 10.1 Å². The van der Waals surface area contributed by atoms with Crippen molar-refractivity contribution in [3.8, 4) is 0 Å². The van der Waals surface area contributed by atoms with Crippen molar-refractivity contribution in [1.29, 1.82) is 0 Å². The highest BCUT2D eigenvalue weighted by atomic mass is 32.2. The minimum atomic E-state index is -0.449. The lowest BCUT2D eigenvalue weighted by atomic mass is 10.2. The average molecular weight is 217 g/mol. The normalized spacial score (nSPS) is 25.6. The van der Waals surface area contributed by atoms with Crippen LogP contribution in [0.15, 0.2) is 12.0 Å². The van der Waals surface area contributed by atoms with Gasteiger partial charge in [-0.3, -0.25) is 10.1 Å². The van der Waals surface area contributed by atoms with Crippen LogP contribution in [0.25, 0.3) is 0 Å². The van der Waals surface area contributed by atoms with E-state index in [1.165, 1.54) is 0 Å². The van der Waals surface area contributed by atoms with Gasteiger partial charge in [-0.05, 0) is 12.7 Å². The number of nitrogens with one attached hydrogen (secondary N) is 2. The van der Waals surface area contributed by atoms with Crippen LogP contribution in [0.2, 0.25) is 0 Å². The second-order valence-electron chi connectivity index (χ2n) is 3.33. The van der Waals surface area contributed by atoms with E-state index in [2.05, 4.69) is 23.8 Å². The molecule has 1 aliphatic heterocycles. The van der Waals surface area contributed by atoms with E-state index >= 15 is 0 Å². The molecule has 2 unspecified atom stereocenters. The largest absolute Gasteiger partial charge is 0.365 e. The molecule has 2 atom stereocenters. The van der Waals surface area contributed by atoms with E-state index in [-0.39, 0.29) is 0 Å². The monoisotopic (exact) mass is 217 g/mol. The predicted octanol–water partition coefficient (Wildman–Crippen LogP) is 0.765. The third-order valence-electron chi connectivity index (χ3n) is 2.15. The zero-order chi connectivity index (χ0) is 10.6. The number of thioether (sulfide) groups is 1. The molecule has 0 bridgehead atoms. The Bertz CT molecular complexity index is 245. The minimum absolute atomic E-state index is 0.309. The summed E-state index contributed by atoms with van der Waals surface area (Å²) in [6.07, 6.45) is 4.06. The third-order valence-corrected chi connectivity index (χ3v) is 3.15. The Morgan fingerprint density at radius 1 is 1.86 bits per heavy atom. The van der Waals surface area contributed by atoms with Crippen molar-refractivity contribution in [2.75, 3.05) is 12.8 Å². The lowest BCUT2D eigenvalue weighted by Gasteiger charge is -2.13. The summed E-state index contributed by atoms with van der Waals surface area (Å²) in [5, 5.41) is 16.8. The van der Waals surface area contributed by atoms with Crippen LogP contribution in [0, 0.1) is 10.1 Å². The van der Waals surface area contributed by atoms with E-state index < -0.39 is 4.92 Å². The highest BCUT2D eigenvalue weighted by Gasteiger charge is 2.21. The van der Waals surface area contributed by atoms with Crippen LogP contribution < -0.4 is 10.6 Å². The van der Waals surface area contributed by atoms with Crippen molar-refractivity contribution < 1.29 is 4.92 Å². The number of rotatable bonds is 4. The Balaban J connectivity index is 2.37. The Hall–Kier alpha value is -0.910. The summed E-state index contributed by atoms with van der Waals surface area (Å²) in [7, 11) is 0. The molecule has 0 spiro atoms. The van der Waals surface area contributed by atoms with Crippen molar-refractivity contribution in [3.63, 3.8) is 0 Å². The van der Waals surface area contributed by atoms with Gasteiger partial charge in [-0.25, -0.2) is 0 Å². The van der Waals surface area contributed by atoms with Crippen LogP contribution in [-0.4, -0.2) is 29.0 Å². The van der Waals surface area contributed by atoms with Gasteiger partial charge < -0.3 is 10.6 Å². The summed E-state index contributed by atoms with van der Waals surface area (Å²) in [5.41, 5.74) is 0. The van der Waals surface area contributed by atoms with Crippen LogP contribution in [0.3, 0.4) is 0 Å². The van der Waals surface area contributed by atoms with Gasteiger partial charge in [-0.15, -0.1) is 0 Å². The highest BCUT2D eigenvalue weighted by Crippen LogP contribution is 2.14. The van der Waals surface area contributed by atoms with Crippen molar-refractivity contribution in [3.05, 3.63) is 22.1 Å². The quantitative estimate of drug-likeness (QED) is 0.537. The summed E-state index contributed by atoms with van der Waals surface area (Å²) in [6.45, 7) is 2.92. The number of nitrogens with zero attached hydrogens (tertiary/aromatic N) is 1. The zero-order valence-electron chi connectivity index (χ0n) is 8.32. The first-order valence-electron chi connectivity index (χ1n) is 4.50. The van der Waals surface area contributed by atoms with Gasteiger partial charge in [0, 0.05) is 17.8 Å². The summed E-state index contributed by atoms with van der Waals surface area (Å²) in [4.78, 5) is 9.74. The number of hydrogen-bond acceptors (Lipinski definition) is 5. The smallest absolute Gasteiger partial charge is 0.274 e. The Morgan fingerprint density at radius 3 is 3.14 bits per heavy atom. The molecule has 1 fully saturated rings. The zero-order valence-corrected chi connectivity index (χ0v) is 9.13. The fourth-order valence-electron chi connectivity index (χ4n) is 1.38. The molecule has 2 N–H and O–H groups in total. The lowest BCUT2D eigenvalue weighted by Crippen LogP contribution is -2.26. The molecule has 5 nitrogen and oxygen atoms in total. The van der Waals surface area contributed by atoms with Gasteiger partial charge in [0.05, 0.1) is 4.92 Å². The molecule has 0 aromatic rings. The van der Waals surface area contributed by atoms with E-state index in [0.717, 1.165) is 19.2 Å². The van der Waals surface area contributed by atoms with Crippen molar-refractivity contribution >= 4 is 11.8 Å². The summed E-state index contributed by atoms with van der Waals surface area (Å²) in [6, 6.07) is 0.309. The standard InChI is InChI=1S/C8H15N3O2S/c1-6(14-2)3-7-4-9-8(10-7)5-11(12)13/h5-7,9-10H,3-4H2,1-2H3. The first kappa shape index (κ1) is 11.2. The second kappa shape index (κ2) is 5.09. The van der Waals surface area contributed by atoms with Gasteiger partial charge in [-0.1, -0.05) is 6.92 Å². The fraction of sp³-hybridized carbons (Fsp3) is 0.750. The molecule has 0 aromatic heterocycles. The SMILES string of the molecule is CSC(C)CC1CNC(=C[N+](=O)[O-])N1. The topological polar surface area (TPSA) is 67.2 Å². The van der Waals surface area contributed by atoms with Crippen LogP contribution in [-0.2, 0) is 0 Å². The summed E-state index contributed by atoms with van der Waals surface area (Å²) >= 11 is 1.81.